The van der Waals surface area contributed by atoms with Gasteiger partial charge in [-0.05, 0) is 27.1 Å². The van der Waals surface area contributed by atoms with Gasteiger partial charge in [0.2, 0.25) is 11.7 Å². The number of carbonyl (C=O) groups excluding carboxylic acids is 1. The Hall–Kier alpha value is -3.49. The Morgan fingerprint density at radius 2 is 2.04 bits per heavy atom. The molecule has 0 aliphatic rings. The summed E-state index contributed by atoms with van der Waals surface area (Å²) in [5, 5.41) is 17.9. The number of aryl methyl sites for hydroxylation is 2. The molecule has 2 heterocycles. The van der Waals surface area contributed by atoms with Gasteiger partial charge in [0, 0.05) is 38.8 Å². The van der Waals surface area contributed by atoms with E-state index in [9.17, 15) is 14.9 Å². The fourth-order valence-corrected chi connectivity index (χ4v) is 2.76. The van der Waals surface area contributed by atoms with Crippen LogP contribution >= 0.6 is 0 Å². The summed E-state index contributed by atoms with van der Waals surface area (Å²) in [6.45, 7) is 3.07. The Morgan fingerprint density at radius 1 is 1.26 bits per heavy atom. The van der Waals surface area contributed by atoms with Crippen LogP contribution < -0.4 is 5.32 Å². The topological polar surface area (TPSA) is 108 Å². The zero-order valence-electron chi connectivity index (χ0n) is 14.9. The quantitative estimate of drug-likeness (QED) is 0.484. The predicted octanol–water partition coefficient (Wildman–Crippen LogP) is 2.05. The molecular formula is C18H20N6O3. The molecule has 0 aliphatic heterocycles. The fraction of sp³-hybridized carbons (Fsp3) is 0.278. The molecule has 0 atom stereocenters. The molecule has 3 rings (SSSR count). The van der Waals surface area contributed by atoms with Gasteiger partial charge in [0.25, 0.3) is 0 Å². The number of aromatic nitrogens is 4. The van der Waals surface area contributed by atoms with Gasteiger partial charge >= 0.3 is 5.82 Å². The summed E-state index contributed by atoms with van der Waals surface area (Å²) >= 11 is 0. The van der Waals surface area contributed by atoms with E-state index in [1.807, 2.05) is 41.2 Å². The van der Waals surface area contributed by atoms with Gasteiger partial charge in [-0.25, -0.2) is 0 Å². The van der Waals surface area contributed by atoms with Crippen molar-refractivity contribution < 1.29 is 9.72 Å². The zero-order valence-corrected chi connectivity index (χ0v) is 14.9. The summed E-state index contributed by atoms with van der Waals surface area (Å²) in [5.74, 6) is 0.180. The highest BCUT2D eigenvalue weighted by atomic mass is 16.6. The van der Waals surface area contributed by atoms with E-state index in [0.717, 1.165) is 11.1 Å². The van der Waals surface area contributed by atoms with Gasteiger partial charge in [0.05, 0.1) is 6.54 Å². The van der Waals surface area contributed by atoms with E-state index < -0.39 is 4.92 Å². The number of nitro groups is 1. The maximum atomic E-state index is 12.2. The molecule has 0 bridgehead atoms. The lowest BCUT2D eigenvalue weighted by Gasteiger charge is -2.11. The van der Waals surface area contributed by atoms with Gasteiger partial charge in [0.15, 0.2) is 0 Å². The molecule has 140 valence electrons. The summed E-state index contributed by atoms with van der Waals surface area (Å²) in [6.07, 6.45) is 5.19. The molecule has 27 heavy (non-hydrogen) atoms. The fourth-order valence-electron chi connectivity index (χ4n) is 2.76. The first-order valence-corrected chi connectivity index (χ1v) is 8.52. The molecular weight excluding hydrogens is 348 g/mol. The van der Waals surface area contributed by atoms with Crippen molar-refractivity contribution in [3.05, 3.63) is 76.0 Å². The average molecular weight is 368 g/mol. The van der Waals surface area contributed by atoms with Crippen molar-refractivity contribution in [2.75, 3.05) is 0 Å². The number of nitrogens with one attached hydrogen (secondary N) is 1. The van der Waals surface area contributed by atoms with E-state index in [1.54, 1.807) is 17.7 Å². The van der Waals surface area contributed by atoms with Gasteiger partial charge < -0.3 is 20.0 Å². The van der Waals surface area contributed by atoms with Crippen LogP contribution in [0.2, 0.25) is 0 Å². The predicted molar refractivity (Wildman–Crippen MR) is 97.9 cm³/mol. The smallest absolute Gasteiger partial charge is 0.358 e. The maximum absolute atomic E-state index is 12.2. The number of hydrogen-bond donors (Lipinski definition) is 1. The van der Waals surface area contributed by atoms with Gasteiger partial charge in [-0.15, -0.1) is 0 Å². The molecule has 9 heteroatoms. The monoisotopic (exact) mass is 368 g/mol. The Kier molecular flexibility index (Phi) is 5.60. The summed E-state index contributed by atoms with van der Waals surface area (Å²) in [4.78, 5) is 26.2. The van der Waals surface area contributed by atoms with Crippen LogP contribution in [0, 0.1) is 17.0 Å². The van der Waals surface area contributed by atoms with Gasteiger partial charge in [-0.2, -0.15) is 5.10 Å². The second-order valence-corrected chi connectivity index (χ2v) is 6.10. The van der Waals surface area contributed by atoms with Crippen molar-refractivity contribution in [3.8, 4) is 0 Å². The van der Waals surface area contributed by atoms with Crippen LogP contribution in [0.15, 0.2) is 48.9 Å². The Balaban J connectivity index is 1.54. The van der Waals surface area contributed by atoms with Crippen LogP contribution in [0.25, 0.3) is 0 Å². The summed E-state index contributed by atoms with van der Waals surface area (Å²) in [5.41, 5.74) is 2.11. The SMILES string of the molecule is Cc1nc([N+](=O)[O-])cn1CCC(=O)NCc1ccccc1Cn1cccn1. The zero-order chi connectivity index (χ0) is 19.2. The van der Waals surface area contributed by atoms with Crippen molar-refractivity contribution in [3.63, 3.8) is 0 Å². The summed E-state index contributed by atoms with van der Waals surface area (Å²) < 4.78 is 3.44. The van der Waals surface area contributed by atoms with Crippen molar-refractivity contribution in [1.82, 2.24) is 24.6 Å². The third-order valence-electron chi connectivity index (χ3n) is 4.22. The normalized spacial score (nSPS) is 10.7. The molecule has 0 radical (unpaired) electrons. The second-order valence-electron chi connectivity index (χ2n) is 6.10. The van der Waals surface area contributed by atoms with Crippen molar-refractivity contribution in [2.24, 2.45) is 0 Å². The molecule has 0 saturated heterocycles. The lowest BCUT2D eigenvalue weighted by molar-refractivity contribution is -0.389. The standard InChI is InChI=1S/C18H20N6O3/c1-14-21-17(24(26)27)13-22(14)10-7-18(25)19-11-15-5-2-3-6-16(15)12-23-9-4-8-20-23/h2-6,8-9,13H,7,10-12H2,1H3,(H,19,25). The molecule has 0 aliphatic carbocycles. The van der Waals surface area contributed by atoms with Crippen LogP contribution in [-0.4, -0.2) is 30.2 Å². The Bertz CT molecular complexity index is 932. The highest BCUT2D eigenvalue weighted by Gasteiger charge is 2.15. The lowest BCUT2D eigenvalue weighted by atomic mass is 10.1. The molecule has 1 aromatic carbocycles. The largest absolute Gasteiger partial charge is 0.381 e. The van der Waals surface area contributed by atoms with E-state index >= 15 is 0 Å². The molecule has 0 unspecified atom stereocenters. The number of hydrogen-bond acceptors (Lipinski definition) is 5. The molecule has 1 amide bonds. The first-order valence-electron chi connectivity index (χ1n) is 8.52. The van der Waals surface area contributed by atoms with Crippen molar-refractivity contribution in [1.29, 1.82) is 0 Å². The van der Waals surface area contributed by atoms with E-state index in [4.69, 9.17) is 0 Å². The number of amides is 1. The van der Waals surface area contributed by atoms with Crippen LogP contribution in [0.3, 0.4) is 0 Å². The van der Waals surface area contributed by atoms with E-state index in [-0.39, 0.29) is 18.1 Å². The first-order chi connectivity index (χ1) is 13.0. The van der Waals surface area contributed by atoms with Gasteiger partial charge in [0.1, 0.15) is 6.20 Å². The minimum Gasteiger partial charge on any atom is -0.358 e. The highest BCUT2D eigenvalue weighted by Crippen LogP contribution is 2.12. The van der Waals surface area contributed by atoms with Crippen molar-refractivity contribution in [2.45, 2.75) is 33.0 Å². The average Bonchev–Trinajstić information content (AvgIpc) is 3.29. The number of carbonyl (C=O) groups is 1. The number of imidazole rings is 1. The van der Waals surface area contributed by atoms with Crippen LogP contribution in [0.5, 0.6) is 0 Å². The minimum atomic E-state index is -0.542. The first kappa shape index (κ1) is 18.3. The van der Waals surface area contributed by atoms with E-state index in [1.165, 1.54) is 6.20 Å². The molecule has 9 nitrogen and oxygen atoms in total. The van der Waals surface area contributed by atoms with Crippen molar-refractivity contribution >= 4 is 11.7 Å². The van der Waals surface area contributed by atoms with Crippen LogP contribution in [0.4, 0.5) is 5.82 Å². The van der Waals surface area contributed by atoms with Crippen LogP contribution in [-0.2, 0) is 24.4 Å². The van der Waals surface area contributed by atoms with Gasteiger partial charge in [-0.3, -0.25) is 9.48 Å². The summed E-state index contributed by atoms with van der Waals surface area (Å²) in [7, 11) is 0. The van der Waals surface area contributed by atoms with Gasteiger partial charge in [-0.1, -0.05) is 24.3 Å². The van der Waals surface area contributed by atoms with E-state index in [2.05, 4.69) is 15.4 Å². The minimum absolute atomic E-state index is 0.125. The maximum Gasteiger partial charge on any atom is 0.381 e. The molecule has 0 saturated carbocycles. The number of rotatable bonds is 8. The second kappa shape index (κ2) is 8.26. The lowest BCUT2D eigenvalue weighted by Crippen LogP contribution is -2.24. The molecule has 3 aromatic rings. The molecule has 0 spiro atoms. The molecule has 2 aromatic heterocycles. The van der Waals surface area contributed by atoms with E-state index in [0.29, 0.717) is 25.5 Å². The third kappa shape index (κ3) is 4.78. The highest BCUT2D eigenvalue weighted by molar-refractivity contribution is 5.75. The molecule has 1 N–H and O–H groups in total. The summed E-state index contributed by atoms with van der Waals surface area (Å²) in [6, 6.07) is 9.74. The Labute approximate surface area is 155 Å². The number of nitrogens with zero attached hydrogens (tertiary/aromatic N) is 5. The third-order valence-corrected chi connectivity index (χ3v) is 4.22. The Morgan fingerprint density at radius 3 is 2.70 bits per heavy atom. The molecule has 0 fully saturated rings. The van der Waals surface area contributed by atoms with Crippen LogP contribution in [0.1, 0.15) is 23.4 Å². The number of benzene rings is 1.